The van der Waals surface area contributed by atoms with Crippen molar-refractivity contribution in [3.63, 3.8) is 0 Å². The fourth-order valence-corrected chi connectivity index (χ4v) is 4.89. The van der Waals surface area contributed by atoms with Gasteiger partial charge in [-0.2, -0.15) is 0 Å². The molecule has 0 atom stereocenters. The van der Waals surface area contributed by atoms with E-state index in [1.54, 1.807) is 45.9 Å². The van der Waals surface area contributed by atoms with Crippen LogP contribution in [-0.2, 0) is 22.7 Å². The van der Waals surface area contributed by atoms with E-state index in [2.05, 4.69) is 10.6 Å². The van der Waals surface area contributed by atoms with E-state index >= 15 is 0 Å². The van der Waals surface area contributed by atoms with Gasteiger partial charge in [-0.3, -0.25) is 9.59 Å². The molecule has 0 aromatic heterocycles. The van der Waals surface area contributed by atoms with Crippen molar-refractivity contribution in [2.24, 2.45) is 0 Å². The lowest BCUT2D eigenvalue weighted by molar-refractivity contribution is -0.121. The van der Waals surface area contributed by atoms with Crippen LogP contribution in [0.3, 0.4) is 0 Å². The number of hydrogen-bond donors (Lipinski definition) is 2. The Balaban J connectivity index is 1.51. The van der Waals surface area contributed by atoms with Gasteiger partial charge < -0.3 is 10.6 Å². The second kappa shape index (κ2) is 13.6. The molecule has 2 aromatic rings. The Morgan fingerprint density at radius 2 is 1.07 bits per heavy atom. The Labute approximate surface area is 204 Å². The average molecular weight is 526 g/mol. The summed E-state index contributed by atoms with van der Waals surface area (Å²) >= 11 is 23.7. The summed E-state index contributed by atoms with van der Waals surface area (Å²) in [4.78, 5) is 23.8. The Bertz CT molecular complexity index is 812. The van der Waals surface area contributed by atoms with Gasteiger partial charge in [-0.05, 0) is 35.4 Å². The molecular weight excluding hydrogens is 506 g/mol. The van der Waals surface area contributed by atoms with Crippen LogP contribution in [0.1, 0.15) is 24.0 Å². The van der Waals surface area contributed by atoms with Crippen LogP contribution in [0, 0.1) is 0 Å². The third-order valence-electron chi connectivity index (χ3n) is 3.86. The van der Waals surface area contributed by atoms with Gasteiger partial charge in [0.1, 0.15) is 0 Å². The third kappa shape index (κ3) is 9.58. The molecule has 0 aliphatic carbocycles. The minimum absolute atomic E-state index is 0.0338. The Hall–Kier alpha value is -0.760. The molecular formula is C20H20Cl4N2O2S2. The van der Waals surface area contributed by atoms with Crippen molar-refractivity contribution < 1.29 is 9.59 Å². The molecule has 0 unspecified atom stereocenters. The molecule has 162 valence electrons. The van der Waals surface area contributed by atoms with Crippen molar-refractivity contribution in [1.82, 2.24) is 10.6 Å². The van der Waals surface area contributed by atoms with Gasteiger partial charge in [0.2, 0.25) is 11.8 Å². The molecule has 10 heteroatoms. The third-order valence-corrected chi connectivity index (χ3v) is 7.74. The highest BCUT2D eigenvalue weighted by Crippen LogP contribution is 2.24. The Morgan fingerprint density at radius 3 is 1.43 bits per heavy atom. The van der Waals surface area contributed by atoms with Crippen molar-refractivity contribution >= 4 is 79.8 Å². The molecule has 0 radical (unpaired) electrons. The second-order valence-electron chi connectivity index (χ2n) is 6.19. The van der Waals surface area contributed by atoms with Crippen molar-refractivity contribution in [1.29, 1.82) is 0 Å². The number of carbonyl (C=O) groups excluding carboxylic acids is 2. The van der Waals surface area contributed by atoms with Crippen LogP contribution in [0.25, 0.3) is 0 Å². The first-order valence-electron chi connectivity index (χ1n) is 9.01. The average Bonchev–Trinajstić information content (AvgIpc) is 2.72. The standard InChI is InChI=1S/C20H20Cl4N2O2S2/c21-15-3-1-13(9-17(15)23)11-25-19(27)5-7-29-30-8-6-20(28)26-12-14-2-4-16(22)18(24)10-14/h1-4,9-10H,5-8,11-12H2,(H,25,27)(H,26,28). The van der Waals surface area contributed by atoms with E-state index in [9.17, 15) is 9.59 Å². The minimum Gasteiger partial charge on any atom is -0.352 e. The number of rotatable bonds is 11. The maximum atomic E-state index is 11.9. The summed E-state index contributed by atoms with van der Waals surface area (Å²) in [7, 11) is 3.15. The van der Waals surface area contributed by atoms with E-state index in [1.807, 2.05) is 12.1 Å². The van der Waals surface area contributed by atoms with Gasteiger partial charge in [-0.1, -0.05) is 80.1 Å². The first-order valence-corrected chi connectivity index (χ1v) is 13.0. The van der Waals surface area contributed by atoms with E-state index in [0.717, 1.165) is 11.1 Å². The maximum absolute atomic E-state index is 11.9. The van der Waals surface area contributed by atoms with Crippen molar-refractivity contribution in [2.75, 3.05) is 11.5 Å². The molecule has 0 fully saturated rings. The molecule has 4 nitrogen and oxygen atoms in total. The second-order valence-corrected chi connectivity index (χ2v) is 10.5. The summed E-state index contributed by atoms with van der Waals surface area (Å²) in [5, 5.41) is 7.61. The molecule has 0 aliphatic heterocycles. The van der Waals surface area contributed by atoms with Gasteiger partial charge in [0.05, 0.1) is 20.1 Å². The van der Waals surface area contributed by atoms with Gasteiger partial charge in [0.15, 0.2) is 0 Å². The first kappa shape index (κ1) is 25.5. The maximum Gasteiger partial charge on any atom is 0.221 e. The minimum atomic E-state index is -0.0338. The van der Waals surface area contributed by atoms with Crippen molar-refractivity contribution in [2.45, 2.75) is 25.9 Å². The van der Waals surface area contributed by atoms with Crippen LogP contribution in [0.15, 0.2) is 36.4 Å². The largest absolute Gasteiger partial charge is 0.352 e. The molecule has 2 amide bonds. The fourth-order valence-electron chi connectivity index (χ4n) is 2.26. The lowest BCUT2D eigenvalue weighted by Crippen LogP contribution is -2.23. The van der Waals surface area contributed by atoms with Crippen LogP contribution >= 0.6 is 68.0 Å². The van der Waals surface area contributed by atoms with Crippen LogP contribution < -0.4 is 10.6 Å². The quantitative estimate of drug-likeness (QED) is 0.263. The molecule has 30 heavy (non-hydrogen) atoms. The van der Waals surface area contributed by atoms with Crippen LogP contribution in [0.2, 0.25) is 20.1 Å². The van der Waals surface area contributed by atoms with Gasteiger partial charge >= 0.3 is 0 Å². The highest BCUT2D eigenvalue weighted by Gasteiger charge is 2.06. The van der Waals surface area contributed by atoms with E-state index in [1.165, 1.54) is 0 Å². The SMILES string of the molecule is O=C(CCSSCCC(=O)NCc1ccc(Cl)c(Cl)c1)NCc1ccc(Cl)c(Cl)c1. The van der Waals surface area contributed by atoms with Crippen molar-refractivity contribution in [3.05, 3.63) is 67.6 Å². The monoisotopic (exact) mass is 524 g/mol. The summed E-state index contributed by atoms with van der Waals surface area (Å²) in [6.07, 6.45) is 0.811. The molecule has 0 saturated heterocycles. The predicted molar refractivity (Wildman–Crippen MR) is 131 cm³/mol. The van der Waals surface area contributed by atoms with Crippen LogP contribution in [-0.4, -0.2) is 23.3 Å². The van der Waals surface area contributed by atoms with E-state index in [4.69, 9.17) is 46.4 Å². The molecule has 0 saturated carbocycles. The zero-order chi connectivity index (χ0) is 21.9. The first-order chi connectivity index (χ1) is 14.3. The highest BCUT2D eigenvalue weighted by molar-refractivity contribution is 8.76. The number of hydrogen-bond acceptors (Lipinski definition) is 4. The highest BCUT2D eigenvalue weighted by atomic mass is 35.5. The lowest BCUT2D eigenvalue weighted by Gasteiger charge is -2.07. The van der Waals surface area contributed by atoms with Gasteiger partial charge in [-0.15, -0.1) is 0 Å². The molecule has 0 aliphatic rings. The Kier molecular flexibility index (Phi) is 11.6. The van der Waals surface area contributed by atoms with Gasteiger partial charge in [0, 0.05) is 37.4 Å². The van der Waals surface area contributed by atoms with Gasteiger partial charge in [0.25, 0.3) is 0 Å². The topological polar surface area (TPSA) is 58.2 Å². The smallest absolute Gasteiger partial charge is 0.221 e. The van der Waals surface area contributed by atoms with Crippen molar-refractivity contribution in [3.8, 4) is 0 Å². The predicted octanol–water partition coefficient (Wildman–Crippen LogP) is 6.39. The normalized spacial score (nSPS) is 10.7. The number of benzene rings is 2. The molecule has 2 N–H and O–H groups in total. The summed E-state index contributed by atoms with van der Waals surface area (Å²) in [6.45, 7) is 0.819. The van der Waals surface area contributed by atoms with Gasteiger partial charge in [-0.25, -0.2) is 0 Å². The van der Waals surface area contributed by atoms with E-state index in [0.29, 0.717) is 57.5 Å². The number of nitrogens with one attached hydrogen (secondary N) is 2. The van der Waals surface area contributed by atoms with E-state index in [-0.39, 0.29) is 11.8 Å². The van der Waals surface area contributed by atoms with Crippen LogP contribution in [0.5, 0.6) is 0 Å². The summed E-state index contributed by atoms with van der Waals surface area (Å²) in [6, 6.07) is 10.5. The summed E-state index contributed by atoms with van der Waals surface area (Å²) in [5.74, 6) is 1.27. The fraction of sp³-hybridized carbons (Fsp3) is 0.300. The zero-order valence-corrected chi connectivity index (χ0v) is 20.5. The Morgan fingerprint density at radius 1 is 0.667 bits per heavy atom. The number of halogens is 4. The number of carbonyl (C=O) groups is 2. The summed E-state index contributed by atoms with van der Waals surface area (Å²) < 4.78 is 0. The molecule has 0 spiro atoms. The van der Waals surface area contributed by atoms with Crippen LogP contribution in [0.4, 0.5) is 0 Å². The molecule has 0 heterocycles. The molecule has 2 rings (SSSR count). The van der Waals surface area contributed by atoms with E-state index < -0.39 is 0 Å². The lowest BCUT2D eigenvalue weighted by atomic mass is 10.2. The summed E-state index contributed by atoms with van der Waals surface area (Å²) in [5.41, 5.74) is 1.79. The number of amides is 2. The molecule has 2 aromatic carbocycles. The molecule has 0 bridgehead atoms. The zero-order valence-electron chi connectivity index (χ0n) is 15.9.